The van der Waals surface area contributed by atoms with Crippen LogP contribution in [0.1, 0.15) is 168 Å². The van der Waals surface area contributed by atoms with Crippen LogP contribution >= 0.6 is 0 Å². The van der Waals surface area contributed by atoms with Crippen molar-refractivity contribution in [2.45, 2.75) is 180 Å². The average Bonchev–Trinajstić information content (AvgIpc) is 3.14. The van der Waals surface area contributed by atoms with Crippen molar-refractivity contribution < 1.29 is 38.2 Å². The number of carboxylic acids is 1. The van der Waals surface area contributed by atoms with Crippen LogP contribution in [0, 0.1) is 0 Å². The van der Waals surface area contributed by atoms with Crippen LogP contribution in [0.3, 0.4) is 0 Å². The fourth-order valence-electron chi connectivity index (χ4n) is 6.02. The smallest absolute Gasteiger partial charge is 0.306 e. The van der Waals surface area contributed by atoms with E-state index in [0.717, 1.165) is 44.9 Å². The number of ether oxygens (including phenoxy) is 3. The Bertz CT molecular complexity index is 1090. The molecule has 55 heavy (non-hydrogen) atoms. The number of hydrogen-bond acceptors (Lipinski definition) is 7. The summed E-state index contributed by atoms with van der Waals surface area (Å²) >= 11 is 0. The Hall–Kier alpha value is -2.97. The minimum atomic E-state index is -1.14. The maximum atomic E-state index is 12.6. The van der Waals surface area contributed by atoms with Gasteiger partial charge in [0.2, 0.25) is 0 Å². The first-order valence-corrected chi connectivity index (χ1v) is 21.8. The lowest BCUT2D eigenvalue weighted by molar-refractivity contribution is -0.889. The zero-order valence-corrected chi connectivity index (χ0v) is 35.8. The minimum Gasteiger partial charge on any atom is -0.544 e. The first-order valence-electron chi connectivity index (χ1n) is 21.8. The number of aliphatic carboxylic acids is 1. The van der Waals surface area contributed by atoms with Crippen molar-refractivity contribution in [3.8, 4) is 0 Å². The van der Waals surface area contributed by atoms with E-state index in [9.17, 15) is 19.5 Å². The molecule has 0 aromatic carbocycles. The molecule has 8 nitrogen and oxygen atoms in total. The lowest BCUT2D eigenvalue weighted by Crippen LogP contribution is -2.55. The van der Waals surface area contributed by atoms with Gasteiger partial charge in [0.1, 0.15) is 12.6 Å². The Morgan fingerprint density at radius 2 is 1.05 bits per heavy atom. The fraction of sp³-hybridized carbons (Fsp3) is 0.723. The van der Waals surface area contributed by atoms with Crippen LogP contribution in [-0.4, -0.2) is 75.5 Å². The van der Waals surface area contributed by atoms with E-state index in [4.69, 9.17) is 14.2 Å². The van der Waals surface area contributed by atoms with Gasteiger partial charge in [0.25, 0.3) is 0 Å². The number of quaternary nitrogens is 1. The first-order chi connectivity index (χ1) is 26.6. The number of carboxylic acid groups (broad SMARTS) is 1. The molecular formula is C47H81NO7. The second-order valence-electron chi connectivity index (χ2n) is 15.5. The highest BCUT2D eigenvalue weighted by Gasteiger charge is 2.25. The number of allylic oxidation sites excluding steroid dienone is 10. The molecule has 0 amide bonds. The van der Waals surface area contributed by atoms with E-state index in [1.54, 1.807) is 21.1 Å². The van der Waals surface area contributed by atoms with Crippen LogP contribution < -0.4 is 5.11 Å². The average molecular weight is 772 g/mol. The van der Waals surface area contributed by atoms with Crippen molar-refractivity contribution in [1.82, 2.24) is 0 Å². The third-order valence-corrected chi connectivity index (χ3v) is 9.40. The third-order valence-electron chi connectivity index (χ3n) is 9.40. The fourth-order valence-corrected chi connectivity index (χ4v) is 6.02. The van der Waals surface area contributed by atoms with Gasteiger partial charge in [-0.2, -0.15) is 0 Å². The molecule has 0 N–H and O–H groups in total. The van der Waals surface area contributed by atoms with Gasteiger partial charge in [0.15, 0.2) is 6.10 Å². The van der Waals surface area contributed by atoms with Gasteiger partial charge in [-0.3, -0.25) is 9.59 Å². The lowest BCUT2D eigenvalue weighted by atomic mass is 10.1. The van der Waals surface area contributed by atoms with Crippen molar-refractivity contribution >= 4 is 17.9 Å². The van der Waals surface area contributed by atoms with Crippen molar-refractivity contribution in [2.75, 3.05) is 41.0 Å². The molecule has 316 valence electrons. The molecule has 0 saturated carbocycles. The number of esters is 2. The number of rotatable bonds is 38. The van der Waals surface area contributed by atoms with E-state index in [0.29, 0.717) is 12.8 Å². The molecule has 0 aliphatic rings. The summed E-state index contributed by atoms with van der Waals surface area (Å²) in [6.45, 7) is 4.45. The highest BCUT2D eigenvalue weighted by Crippen LogP contribution is 2.13. The molecule has 0 rings (SSSR count). The van der Waals surface area contributed by atoms with Crippen LogP contribution in [0.2, 0.25) is 0 Å². The summed E-state index contributed by atoms with van der Waals surface area (Å²) in [6.07, 6.45) is 45.5. The predicted molar refractivity (Wildman–Crippen MR) is 226 cm³/mol. The minimum absolute atomic E-state index is 0.00882. The second-order valence-corrected chi connectivity index (χ2v) is 15.5. The van der Waals surface area contributed by atoms with Crippen LogP contribution in [0.5, 0.6) is 0 Å². The summed E-state index contributed by atoms with van der Waals surface area (Å²) in [5.74, 6) is -1.85. The molecule has 8 heteroatoms. The van der Waals surface area contributed by atoms with E-state index in [2.05, 4.69) is 62.5 Å². The highest BCUT2D eigenvalue weighted by molar-refractivity contribution is 5.70. The summed E-state index contributed by atoms with van der Waals surface area (Å²) < 4.78 is 17.1. The van der Waals surface area contributed by atoms with Gasteiger partial charge in [-0.1, -0.05) is 145 Å². The Morgan fingerprint density at radius 1 is 0.564 bits per heavy atom. The predicted octanol–water partition coefficient (Wildman–Crippen LogP) is 10.5. The highest BCUT2D eigenvalue weighted by atomic mass is 16.6. The summed E-state index contributed by atoms with van der Waals surface area (Å²) in [6, 6.07) is -0.739. The molecule has 0 aromatic rings. The van der Waals surface area contributed by atoms with Crippen LogP contribution in [0.4, 0.5) is 0 Å². The zero-order valence-electron chi connectivity index (χ0n) is 35.8. The first kappa shape index (κ1) is 52.0. The summed E-state index contributed by atoms with van der Waals surface area (Å²) in [7, 11) is 5.37. The van der Waals surface area contributed by atoms with Crippen molar-refractivity contribution in [3.05, 3.63) is 60.8 Å². The van der Waals surface area contributed by atoms with E-state index < -0.39 is 24.1 Å². The maximum Gasteiger partial charge on any atom is 0.306 e. The molecule has 0 saturated heterocycles. The van der Waals surface area contributed by atoms with Gasteiger partial charge in [-0.25, -0.2) is 0 Å². The standard InChI is InChI=1S/C47H81NO7/c1-6-8-10-12-14-16-18-20-21-22-23-24-26-27-29-31-33-35-37-45(49)54-42-43(41-53-40-39-44(47(51)52)48(3,4)5)55-46(50)38-36-34-32-30-28-25-19-17-15-13-11-9-7-2/h9,11,15,17,21-22,25,28,32,34,43-44H,6-8,10,12-14,16,18-20,23-24,26-27,29-31,33,35-42H2,1-5H3/b11-9-,17-15-,22-21-,28-25-,34-32-. The normalized spacial score (nSPS) is 13.5. The number of hydrogen-bond donors (Lipinski definition) is 0. The second kappa shape index (κ2) is 37.9. The monoisotopic (exact) mass is 772 g/mol. The number of unbranched alkanes of at least 4 members (excludes halogenated alkanes) is 14. The van der Waals surface area contributed by atoms with Crippen molar-refractivity contribution in [1.29, 1.82) is 0 Å². The zero-order chi connectivity index (χ0) is 40.7. The Kier molecular flexibility index (Phi) is 35.9. The Morgan fingerprint density at radius 3 is 1.58 bits per heavy atom. The molecule has 0 radical (unpaired) electrons. The van der Waals surface area contributed by atoms with Gasteiger partial charge < -0.3 is 28.6 Å². The van der Waals surface area contributed by atoms with Crippen LogP contribution in [-0.2, 0) is 28.6 Å². The molecular weight excluding hydrogens is 691 g/mol. The number of carbonyl (C=O) groups is 3. The SMILES string of the molecule is CC/C=C\C/C=C\C/C=C\C/C=C\CCC(=O)OC(COCCC(C(=O)[O-])[N+](C)(C)C)COC(=O)CCCCCCCCC/C=C\CCCCCCCCC. The lowest BCUT2D eigenvalue weighted by Gasteiger charge is -2.34. The van der Waals surface area contributed by atoms with E-state index >= 15 is 0 Å². The molecule has 0 aliphatic heterocycles. The van der Waals surface area contributed by atoms with E-state index in [1.807, 2.05) is 12.2 Å². The van der Waals surface area contributed by atoms with Crippen molar-refractivity contribution in [2.24, 2.45) is 0 Å². The largest absolute Gasteiger partial charge is 0.544 e. The summed E-state index contributed by atoms with van der Waals surface area (Å²) in [4.78, 5) is 36.8. The quantitative estimate of drug-likeness (QED) is 0.0266. The van der Waals surface area contributed by atoms with Gasteiger partial charge in [0.05, 0.1) is 40.3 Å². The molecule has 0 spiro atoms. The summed E-state index contributed by atoms with van der Waals surface area (Å²) in [5, 5.41) is 11.6. The molecule has 0 aliphatic carbocycles. The van der Waals surface area contributed by atoms with Gasteiger partial charge >= 0.3 is 11.9 Å². The molecule has 2 atom stereocenters. The Balaban J connectivity index is 4.41. The molecule has 0 fully saturated rings. The molecule has 2 unspecified atom stereocenters. The maximum absolute atomic E-state index is 12.6. The van der Waals surface area contributed by atoms with E-state index in [1.165, 1.54) is 83.5 Å². The van der Waals surface area contributed by atoms with Crippen molar-refractivity contribution in [3.63, 3.8) is 0 Å². The van der Waals surface area contributed by atoms with E-state index in [-0.39, 0.29) is 43.1 Å². The topological polar surface area (TPSA) is 102 Å². The van der Waals surface area contributed by atoms with Crippen LogP contribution in [0.15, 0.2) is 60.8 Å². The number of likely N-dealkylation sites (N-methyl/N-ethyl adjacent to an activating group) is 1. The van der Waals surface area contributed by atoms with Gasteiger partial charge in [-0.15, -0.1) is 0 Å². The molecule has 0 aromatic heterocycles. The third kappa shape index (κ3) is 36.4. The molecule has 0 heterocycles. The molecule has 0 bridgehead atoms. The van der Waals surface area contributed by atoms with Crippen LogP contribution in [0.25, 0.3) is 0 Å². The number of nitrogens with zero attached hydrogens (tertiary/aromatic N) is 1. The van der Waals surface area contributed by atoms with Gasteiger partial charge in [-0.05, 0) is 64.2 Å². The Labute approximate surface area is 337 Å². The number of carbonyl (C=O) groups excluding carboxylic acids is 3. The van der Waals surface area contributed by atoms with Gasteiger partial charge in [0, 0.05) is 19.3 Å². The summed E-state index contributed by atoms with van der Waals surface area (Å²) in [5.41, 5.74) is 0.